The summed E-state index contributed by atoms with van der Waals surface area (Å²) >= 11 is 1.56. The van der Waals surface area contributed by atoms with Gasteiger partial charge in [0.05, 0.1) is 12.1 Å². The van der Waals surface area contributed by atoms with Crippen LogP contribution in [0.15, 0.2) is 46.2 Å². The highest BCUT2D eigenvalue weighted by Crippen LogP contribution is 2.36. The Balaban J connectivity index is 2.08. The summed E-state index contributed by atoms with van der Waals surface area (Å²) < 4.78 is 6.41. The average Bonchev–Trinajstić information content (AvgIpc) is 2.97. The van der Waals surface area contributed by atoms with Gasteiger partial charge in [0.15, 0.2) is 0 Å². The van der Waals surface area contributed by atoms with E-state index in [0.29, 0.717) is 5.75 Å². The molecule has 1 aliphatic rings. The van der Waals surface area contributed by atoms with E-state index in [9.17, 15) is 9.59 Å². The van der Waals surface area contributed by atoms with Crippen LogP contribution in [0, 0.1) is 6.92 Å². The van der Waals surface area contributed by atoms with Gasteiger partial charge in [0.2, 0.25) is 0 Å². The Labute approximate surface area is 133 Å². The Morgan fingerprint density at radius 1 is 1.36 bits per heavy atom. The summed E-state index contributed by atoms with van der Waals surface area (Å²) in [5.41, 5.74) is 3.14. The van der Waals surface area contributed by atoms with E-state index in [1.807, 2.05) is 25.1 Å². The van der Waals surface area contributed by atoms with E-state index < -0.39 is 6.04 Å². The standard InChI is InChI=1S/C17H17NO3S/c1-11-8-15(19)18-14(17(20)21-2)10-22-16(18)13(11)9-12-6-4-3-5-7-12/h3-8,14H,9-10H2,1-2H3. The van der Waals surface area contributed by atoms with E-state index in [-0.39, 0.29) is 11.5 Å². The fourth-order valence-corrected chi connectivity index (χ4v) is 4.13. The molecule has 1 aromatic carbocycles. The van der Waals surface area contributed by atoms with Gasteiger partial charge in [-0.2, -0.15) is 0 Å². The summed E-state index contributed by atoms with van der Waals surface area (Å²) in [4.78, 5) is 24.2. The molecule has 5 heteroatoms. The van der Waals surface area contributed by atoms with Crippen molar-refractivity contribution in [3.05, 3.63) is 63.4 Å². The van der Waals surface area contributed by atoms with Gasteiger partial charge in [-0.05, 0) is 23.6 Å². The van der Waals surface area contributed by atoms with Crippen molar-refractivity contribution in [2.75, 3.05) is 12.9 Å². The Bertz CT molecular complexity index is 767. The number of esters is 1. The minimum absolute atomic E-state index is 0.135. The number of pyridine rings is 1. The number of fused-ring (bicyclic) bond motifs is 1. The van der Waals surface area contributed by atoms with E-state index in [0.717, 1.165) is 22.6 Å². The number of carbonyl (C=O) groups is 1. The molecule has 0 bridgehead atoms. The van der Waals surface area contributed by atoms with Gasteiger partial charge in [-0.1, -0.05) is 30.3 Å². The molecule has 2 aromatic rings. The molecule has 1 atom stereocenters. The first-order valence-electron chi connectivity index (χ1n) is 7.11. The zero-order chi connectivity index (χ0) is 15.7. The second-order valence-corrected chi connectivity index (χ2v) is 6.34. The van der Waals surface area contributed by atoms with Gasteiger partial charge < -0.3 is 4.74 Å². The second kappa shape index (κ2) is 6.01. The summed E-state index contributed by atoms with van der Waals surface area (Å²) in [6.07, 6.45) is 0.753. The number of ether oxygens (including phenoxy) is 1. The van der Waals surface area contributed by atoms with Crippen molar-refractivity contribution >= 4 is 17.7 Å². The highest BCUT2D eigenvalue weighted by molar-refractivity contribution is 7.99. The lowest BCUT2D eigenvalue weighted by Crippen LogP contribution is -2.30. The number of nitrogens with zero attached hydrogens (tertiary/aromatic N) is 1. The molecule has 0 aliphatic carbocycles. The summed E-state index contributed by atoms with van der Waals surface area (Å²) in [7, 11) is 1.36. The maximum atomic E-state index is 12.3. The van der Waals surface area contributed by atoms with E-state index >= 15 is 0 Å². The van der Waals surface area contributed by atoms with Gasteiger partial charge in [0.25, 0.3) is 5.56 Å². The minimum atomic E-state index is -0.521. The van der Waals surface area contributed by atoms with Crippen molar-refractivity contribution in [2.45, 2.75) is 24.4 Å². The molecule has 1 aromatic heterocycles. The quantitative estimate of drug-likeness (QED) is 0.817. The molecular formula is C17H17NO3S. The van der Waals surface area contributed by atoms with Crippen LogP contribution in [-0.2, 0) is 16.0 Å². The zero-order valence-electron chi connectivity index (χ0n) is 12.5. The summed E-state index contributed by atoms with van der Waals surface area (Å²) in [5, 5.41) is 0.893. The first kappa shape index (κ1) is 14.9. The van der Waals surface area contributed by atoms with Crippen LogP contribution >= 0.6 is 11.8 Å². The van der Waals surface area contributed by atoms with E-state index in [1.165, 1.54) is 12.7 Å². The highest BCUT2D eigenvalue weighted by atomic mass is 32.2. The van der Waals surface area contributed by atoms with Gasteiger partial charge in [0.1, 0.15) is 6.04 Å². The van der Waals surface area contributed by atoms with Crippen molar-refractivity contribution in [3.63, 3.8) is 0 Å². The van der Waals surface area contributed by atoms with Crippen LogP contribution in [0.25, 0.3) is 0 Å². The molecule has 3 rings (SSSR count). The lowest BCUT2D eigenvalue weighted by atomic mass is 10.0. The second-order valence-electron chi connectivity index (χ2n) is 5.33. The van der Waals surface area contributed by atoms with Crippen molar-refractivity contribution in [1.82, 2.24) is 4.57 Å². The molecule has 0 saturated heterocycles. The molecule has 0 amide bonds. The third-order valence-corrected chi connectivity index (χ3v) is 5.12. The first-order chi connectivity index (χ1) is 10.6. The van der Waals surface area contributed by atoms with Crippen molar-refractivity contribution in [3.8, 4) is 0 Å². The number of hydrogen-bond acceptors (Lipinski definition) is 4. The molecular weight excluding hydrogens is 298 g/mol. The highest BCUT2D eigenvalue weighted by Gasteiger charge is 2.32. The SMILES string of the molecule is COC(=O)C1CSc2c(Cc3ccccc3)c(C)cc(=O)n21. The Morgan fingerprint density at radius 2 is 2.09 bits per heavy atom. The Hall–Kier alpha value is -2.01. The van der Waals surface area contributed by atoms with Crippen LogP contribution in [0.5, 0.6) is 0 Å². The van der Waals surface area contributed by atoms with Crippen molar-refractivity contribution in [1.29, 1.82) is 0 Å². The van der Waals surface area contributed by atoms with E-state index in [1.54, 1.807) is 22.4 Å². The van der Waals surface area contributed by atoms with Crippen molar-refractivity contribution in [2.24, 2.45) is 0 Å². The maximum Gasteiger partial charge on any atom is 0.329 e. The smallest absolute Gasteiger partial charge is 0.329 e. The number of rotatable bonds is 3. The molecule has 0 fully saturated rings. The third kappa shape index (κ3) is 2.57. The number of thioether (sulfide) groups is 1. The van der Waals surface area contributed by atoms with Crippen LogP contribution in [-0.4, -0.2) is 23.4 Å². The molecule has 2 heterocycles. The van der Waals surface area contributed by atoms with Crippen LogP contribution in [0.2, 0.25) is 0 Å². The van der Waals surface area contributed by atoms with Gasteiger partial charge in [-0.25, -0.2) is 4.79 Å². The minimum Gasteiger partial charge on any atom is -0.467 e. The van der Waals surface area contributed by atoms with Crippen LogP contribution in [0.4, 0.5) is 0 Å². The molecule has 0 saturated carbocycles. The molecule has 114 valence electrons. The van der Waals surface area contributed by atoms with Gasteiger partial charge in [-0.3, -0.25) is 9.36 Å². The normalized spacial score (nSPS) is 16.4. The molecule has 4 nitrogen and oxygen atoms in total. The van der Waals surface area contributed by atoms with Crippen molar-refractivity contribution < 1.29 is 9.53 Å². The molecule has 0 spiro atoms. The predicted molar refractivity (Wildman–Crippen MR) is 86.5 cm³/mol. The molecule has 0 radical (unpaired) electrons. The van der Waals surface area contributed by atoms with Crippen LogP contribution in [0.1, 0.15) is 22.7 Å². The molecule has 22 heavy (non-hydrogen) atoms. The number of aromatic nitrogens is 1. The van der Waals surface area contributed by atoms with Gasteiger partial charge in [0, 0.05) is 18.2 Å². The lowest BCUT2D eigenvalue weighted by Gasteiger charge is -2.15. The number of carbonyl (C=O) groups excluding carboxylic acids is 1. The monoisotopic (exact) mass is 315 g/mol. The summed E-state index contributed by atoms with van der Waals surface area (Å²) in [6.45, 7) is 1.95. The summed E-state index contributed by atoms with van der Waals surface area (Å²) in [5.74, 6) is 0.190. The number of methoxy groups -OCH3 is 1. The zero-order valence-corrected chi connectivity index (χ0v) is 13.4. The average molecular weight is 315 g/mol. The topological polar surface area (TPSA) is 48.3 Å². The molecule has 0 N–H and O–H groups in total. The largest absolute Gasteiger partial charge is 0.467 e. The molecule has 1 aliphatic heterocycles. The van der Waals surface area contributed by atoms with Gasteiger partial charge >= 0.3 is 5.97 Å². The van der Waals surface area contributed by atoms with Crippen LogP contribution < -0.4 is 5.56 Å². The van der Waals surface area contributed by atoms with E-state index in [2.05, 4.69) is 12.1 Å². The summed E-state index contributed by atoms with van der Waals surface area (Å²) in [6, 6.07) is 11.2. The Morgan fingerprint density at radius 3 is 2.77 bits per heavy atom. The van der Waals surface area contributed by atoms with E-state index in [4.69, 9.17) is 4.74 Å². The van der Waals surface area contributed by atoms with Crippen LogP contribution in [0.3, 0.4) is 0 Å². The Kier molecular flexibility index (Phi) is 4.07. The fourth-order valence-electron chi connectivity index (χ4n) is 2.76. The van der Waals surface area contributed by atoms with Gasteiger partial charge in [-0.15, -0.1) is 11.8 Å². The number of aryl methyl sites for hydroxylation is 1. The number of hydrogen-bond donors (Lipinski definition) is 0. The molecule has 1 unspecified atom stereocenters. The predicted octanol–water partition coefficient (Wildman–Crippen LogP) is 2.57. The fraction of sp³-hybridized carbons (Fsp3) is 0.294. The maximum absolute atomic E-state index is 12.3. The lowest BCUT2D eigenvalue weighted by molar-refractivity contribution is -0.143. The first-order valence-corrected chi connectivity index (χ1v) is 8.10. The number of benzene rings is 1. The third-order valence-electron chi connectivity index (χ3n) is 3.92.